The molecule has 3 aromatic rings. The van der Waals surface area contributed by atoms with Crippen molar-refractivity contribution in [2.24, 2.45) is 4.99 Å². The molecular weight excluding hydrogens is 486 g/mol. The smallest absolute Gasteiger partial charge is 0.191 e. The van der Waals surface area contributed by atoms with Gasteiger partial charge in [0, 0.05) is 19.2 Å². The molecule has 0 amide bonds. The van der Waals surface area contributed by atoms with Gasteiger partial charge < -0.3 is 15.4 Å². The Balaban J connectivity index is 0.00000300. The number of nitrogens with one attached hydrogen (secondary N) is 3. The number of hydrogen-bond donors (Lipinski definition) is 3. The van der Waals surface area contributed by atoms with E-state index in [1.807, 2.05) is 31.2 Å². The third-order valence-corrected chi connectivity index (χ3v) is 4.02. The van der Waals surface area contributed by atoms with Crippen LogP contribution < -0.4 is 15.4 Å². The second kappa shape index (κ2) is 11.3. The number of guanidine groups is 1. The summed E-state index contributed by atoms with van der Waals surface area (Å²) in [6.07, 6.45) is 1.25. The zero-order valence-electron chi connectivity index (χ0n) is 16.2. The summed E-state index contributed by atoms with van der Waals surface area (Å²) in [7, 11) is 1.70. The number of aliphatic imine (C=N–C) groups is 1. The van der Waals surface area contributed by atoms with Gasteiger partial charge in [0.05, 0.1) is 6.54 Å². The van der Waals surface area contributed by atoms with Gasteiger partial charge >= 0.3 is 0 Å². The summed E-state index contributed by atoms with van der Waals surface area (Å²) in [5, 5.41) is 13.2. The van der Waals surface area contributed by atoms with E-state index in [0.29, 0.717) is 19.0 Å². The number of para-hydroxylation sites is 1. The first-order valence-electron chi connectivity index (χ1n) is 8.96. The van der Waals surface area contributed by atoms with Crippen LogP contribution in [0.5, 0.6) is 5.75 Å². The molecule has 1 aromatic heterocycles. The highest BCUT2D eigenvalue weighted by molar-refractivity contribution is 14.0. The maximum atomic E-state index is 13.7. The Labute approximate surface area is 186 Å². The average molecular weight is 510 g/mol. The fourth-order valence-corrected chi connectivity index (χ4v) is 2.62. The molecule has 3 N–H and O–H groups in total. The van der Waals surface area contributed by atoms with Crippen molar-refractivity contribution >= 4 is 29.9 Å². The van der Waals surface area contributed by atoms with Crippen molar-refractivity contribution in [1.82, 2.24) is 25.8 Å². The Kier molecular flexibility index (Phi) is 8.84. The van der Waals surface area contributed by atoms with E-state index < -0.39 is 0 Å². The molecular formula is C20H24FIN6O. The predicted octanol–water partition coefficient (Wildman–Crippen LogP) is 3.36. The van der Waals surface area contributed by atoms with E-state index in [2.05, 4.69) is 30.8 Å². The number of hydrogen-bond acceptors (Lipinski definition) is 4. The molecule has 0 saturated heterocycles. The molecule has 0 fully saturated rings. The summed E-state index contributed by atoms with van der Waals surface area (Å²) in [6, 6.07) is 14.4. The summed E-state index contributed by atoms with van der Waals surface area (Å²) >= 11 is 0. The third kappa shape index (κ3) is 6.70. The first kappa shape index (κ1) is 22.6. The van der Waals surface area contributed by atoms with E-state index in [1.54, 1.807) is 25.2 Å². The summed E-state index contributed by atoms with van der Waals surface area (Å²) in [5.74, 6) is 1.23. The van der Waals surface area contributed by atoms with Crippen LogP contribution in [0.3, 0.4) is 0 Å². The molecule has 0 aliphatic carbocycles. The molecule has 9 heteroatoms. The third-order valence-electron chi connectivity index (χ3n) is 4.02. The Bertz CT molecular complexity index is 919. The summed E-state index contributed by atoms with van der Waals surface area (Å²) in [4.78, 5) is 8.37. The van der Waals surface area contributed by atoms with E-state index >= 15 is 0 Å². The van der Waals surface area contributed by atoms with Crippen LogP contribution in [0.2, 0.25) is 0 Å². The van der Waals surface area contributed by atoms with Crippen LogP contribution in [0, 0.1) is 5.82 Å². The minimum absolute atomic E-state index is 0. The van der Waals surface area contributed by atoms with Crippen molar-refractivity contribution in [3.8, 4) is 17.1 Å². The summed E-state index contributed by atoms with van der Waals surface area (Å²) in [5.41, 5.74) is 2.04. The average Bonchev–Trinajstić information content (AvgIpc) is 3.25. The van der Waals surface area contributed by atoms with Gasteiger partial charge in [-0.3, -0.25) is 10.1 Å². The number of rotatable bonds is 7. The zero-order valence-corrected chi connectivity index (χ0v) is 18.6. The van der Waals surface area contributed by atoms with Crippen LogP contribution in [-0.2, 0) is 6.54 Å². The van der Waals surface area contributed by atoms with E-state index in [0.717, 1.165) is 17.0 Å². The van der Waals surface area contributed by atoms with Crippen molar-refractivity contribution < 1.29 is 9.13 Å². The second-order valence-electron chi connectivity index (χ2n) is 6.20. The fraction of sp³-hybridized carbons (Fsp3) is 0.250. The van der Waals surface area contributed by atoms with Gasteiger partial charge in [-0.1, -0.05) is 30.3 Å². The number of ether oxygens (including phenoxy) is 1. The number of benzene rings is 2. The molecule has 1 heterocycles. The standard InChI is InChI=1S/C20H23FN6O.HI/c1-14(28-18-9-4-3-8-17(18)21)11-23-20(22-2)24-12-15-6-5-7-16(10-15)19-25-13-26-27-19;/h3-10,13-14H,11-12H2,1-2H3,(H2,22,23,24)(H,25,26,27);1H. The molecule has 1 atom stereocenters. The molecule has 0 saturated carbocycles. The van der Waals surface area contributed by atoms with Gasteiger partial charge in [-0.15, -0.1) is 24.0 Å². The van der Waals surface area contributed by atoms with Crippen molar-refractivity contribution in [1.29, 1.82) is 0 Å². The van der Waals surface area contributed by atoms with Gasteiger partial charge in [-0.05, 0) is 30.7 Å². The van der Waals surface area contributed by atoms with E-state index in [1.165, 1.54) is 12.4 Å². The Hall–Kier alpha value is -2.69. The molecule has 0 aliphatic rings. The van der Waals surface area contributed by atoms with Gasteiger partial charge in [0.15, 0.2) is 23.4 Å². The summed E-state index contributed by atoms with van der Waals surface area (Å²) in [6.45, 7) is 2.93. The first-order chi connectivity index (χ1) is 13.7. The number of nitrogens with zero attached hydrogens (tertiary/aromatic N) is 3. The van der Waals surface area contributed by atoms with E-state index in [9.17, 15) is 4.39 Å². The van der Waals surface area contributed by atoms with Gasteiger partial charge in [0.2, 0.25) is 0 Å². The monoisotopic (exact) mass is 510 g/mol. The van der Waals surface area contributed by atoms with Crippen LogP contribution in [0.15, 0.2) is 59.9 Å². The lowest BCUT2D eigenvalue weighted by Crippen LogP contribution is -2.41. The SMILES string of the molecule is CN=C(NCc1cccc(-c2ncn[nH]2)c1)NCC(C)Oc1ccccc1F.I. The van der Waals surface area contributed by atoms with Gasteiger partial charge in [0.25, 0.3) is 0 Å². The van der Waals surface area contributed by atoms with Crippen molar-refractivity contribution in [3.05, 3.63) is 66.2 Å². The van der Waals surface area contributed by atoms with Crippen molar-refractivity contribution in [3.63, 3.8) is 0 Å². The number of H-pyrrole nitrogens is 1. The summed E-state index contributed by atoms with van der Waals surface area (Å²) < 4.78 is 19.3. The number of aromatic amines is 1. The van der Waals surface area contributed by atoms with Gasteiger partial charge in [-0.2, -0.15) is 5.10 Å². The Morgan fingerprint density at radius 1 is 1.21 bits per heavy atom. The lowest BCUT2D eigenvalue weighted by Gasteiger charge is -2.18. The van der Waals surface area contributed by atoms with E-state index in [-0.39, 0.29) is 41.6 Å². The van der Waals surface area contributed by atoms with Crippen LogP contribution in [0.4, 0.5) is 4.39 Å². The first-order valence-corrected chi connectivity index (χ1v) is 8.96. The minimum Gasteiger partial charge on any atom is -0.486 e. The fourth-order valence-electron chi connectivity index (χ4n) is 2.62. The topological polar surface area (TPSA) is 87.2 Å². The molecule has 2 aromatic carbocycles. The highest BCUT2D eigenvalue weighted by atomic mass is 127. The van der Waals surface area contributed by atoms with Crippen LogP contribution in [-0.4, -0.2) is 40.8 Å². The second-order valence-corrected chi connectivity index (χ2v) is 6.20. The molecule has 3 rings (SSSR count). The quantitative estimate of drug-likeness (QED) is 0.258. The lowest BCUT2D eigenvalue weighted by molar-refractivity contribution is 0.214. The van der Waals surface area contributed by atoms with Crippen LogP contribution in [0.25, 0.3) is 11.4 Å². The maximum Gasteiger partial charge on any atom is 0.191 e. The van der Waals surface area contributed by atoms with Crippen LogP contribution in [0.1, 0.15) is 12.5 Å². The van der Waals surface area contributed by atoms with Crippen molar-refractivity contribution in [2.45, 2.75) is 19.6 Å². The van der Waals surface area contributed by atoms with Gasteiger partial charge in [-0.25, -0.2) is 9.37 Å². The molecule has 0 aliphatic heterocycles. The molecule has 0 bridgehead atoms. The Morgan fingerprint density at radius 2 is 2.03 bits per heavy atom. The molecule has 1 unspecified atom stereocenters. The predicted molar refractivity (Wildman–Crippen MR) is 122 cm³/mol. The lowest BCUT2D eigenvalue weighted by atomic mass is 10.1. The largest absolute Gasteiger partial charge is 0.486 e. The zero-order chi connectivity index (χ0) is 19.8. The molecule has 29 heavy (non-hydrogen) atoms. The highest BCUT2D eigenvalue weighted by Gasteiger charge is 2.09. The highest BCUT2D eigenvalue weighted by Crippen LogP contribution is 2.17. The maximum absolute atomic E-state index is 13.7. The number of aromatic nitrogens is 3. The normalized spacial score (nSPS) is 12.0. The minimum atomic E-state index is -0.372. The molecule has 0 spiro atoms. The molecule has 154 valence electrons. The van der Waals surface area contributed by atoms with Gasteiger partial charge in [0.1, 0.15) is 12.4 Å². The Morgan fingerprint density at radius 3 is 2.76 bits per heavy atom. The molecule has 0 radical (unpaired) electrons. The van der Waals surface area contributed by atoms with Crippen molar-refractivity contribution in [2.75, 3.05) is 13.6 Å². The van der Waals surface area contributed by atoms with E-state index in [4.69, 9.17) is 4.74 Å². The molecule has 7 nitrogen and oxygen atoms in total. The number of halogens is 2. The van der Waals surface area contributed by atoms with Crippen LogP contribution >= 0.6 is 24.0 Å².